The predicted octanol–water partition coefficient (Wildman–Crippen LogP) is -0.297. The van der Waals surface area contributed by atoms with E-state index in [0.29, 0.717) is 6.04 Å². The molecule has 0 aromatic carbocycles. The monoisotopic (exact) mass is 241 g/mol. The molecule has 2 aliphatic rings. The number of nitrogens with one attached hydrogen (secondary N) is 1. The molecule has 0 aromatic rings. The Bertz CT molecular complexity index is 285. The van der Waals surface area contributed by atoms with Gasteiger partial charge in [0.05, 0.1) is 18.8 Å². The summed E-state index contributed by atoms with van der Waals surface area (Å²) in [6.07, 6.45) is 1.63. The highest BCUT2D eigenvalue weighted by Crippen LogP contribution is 2.32. The number of hydrogen-bond donors (Lipinski definition) is 2. The molecule has 1 heterocycles. The lowest BCUT2D eigenvalue weighted by atomic mass is 10.1. The number of morpholine rings is 1. The number of carbonyl (C=O) groups excluding carboxylic acids is 1. The Morgan fingerprint density at radius 2 is 1.94 bits per heavy atom. The van der Waals surface area contributed by atoms with E-state index in [1.165, 1.54) is 0 Å². The summed E-state index contributed by atoms with van der Waals surface area (Å²) in [6, 6.07) is 0.451. The first-order valence-corrected chi connectivity index (χ1v) is 6.44. The molecule has 1 saturated heterocycles. The van der Waals surface area contributed by atoms with Crippen molar-refractivity contribution >= 4 is 5.91 Å². The van der Waals surface area contributed by atoms with Gasteiger partial charge in [-0.25, -0.2) is 0 Å². The van der Waals surface area contributed by atoms with Gasteiger partial charge in [0.25, 0.3) is 0 Å². The van der Waals surface area contributed by atoms with Crippen molar-refractivity contribution in [3.63, 3.8) is 0 Å². The molecule has 5 heteroatoms. The van der Waals surface area contributed by atoms with E-state index < -0.39 is 5.54 Å². The van der Waals surface area contributed by atoms with Crippen LogP contribution in [0.15, 0.2) is 0 Å². The number of hydrogen-bond acceptors (Lipinski definition) is 4. The molecule has 1 saturated carbocycles. The van der Waals surface area contributed by atoms with Crippen LogP contribution < -0.4 is 11.1 Å². The highest BCUT2D eigenvalue weighted by Gasteiger charge is 2.46. The molecule has 0 aromatic heterocycles. The summed E-state index contributed by atoms with van der Waals surface area (Å²) in [4.78, 5) is 14.2. The van der Waals surface area contributed by atoms with Crippen molar-refractivity contribution in [2.24, 2.45) is 5.73 Å². The fourth-order valence-electron chi connectivity index (χ4n) is 2.13. The predicted molar refractivity (Wildman–Crippen MR) is 65.6 cm³/mol. The summed E-state index contributed by atoms with van der Waals surface area (Å²) >= 11 is 0. The van der Waals surface area contributed by atoms with Gasteiger partial charge in [-0.2, -0.15) is 0 Å². The van der Waals surface area contributed by atoms with Crippen molar-refractivity contribution in [1.29, 1.82) is 0 Å². The lowest BCUT2D eigenvalue weighted by Gasteiger charge is -2.36. The minimum absolute atomic E-state index is 0.00473. The van der Waals surface area contributed by atoms with Crippen LogP contribution in [0.25, 0.3) is 0 Å². The minimum atomic E-state index is -0.570. The maximum absolute atomic E-state index is 11.8. The molecule has 3 N–H and O–H groups in total. The summed E-state index contributed by atoms with van der Waals surface area (Å²) in [5.74, 6) is 0.00473. The van der Waals surface area contributed by atoms with Gasteiger partial charge in [0.1, 0.15) is 0 Å². The van der Waals surface area contributed by atoms with E-state index >= 15 is 0 Å². The van der Waals surface area contributed by atoms with Gasteiger partial charge in [0, 0.05) is 25.2 Å². The van der Waals surface area contributed by atoms with E-state index in [9.17, 15) is 4.79 Å². The smallest absolute Gasteiger partial charge is 0.240 e. The molecule has 0 radical (unpaired) electrons. The number of nitrogens with two attached hydrogens (primary N) is 1. The van der Waals surface area contributed by atoms with Crippen LogP contribution in [0.4, 0.5) is 0 Å². The van der Waals surface area contributed by atoms with E-state index in [1.807, 2.05) is 6.92 Å². The molecule has 1 aliphatic carbocycles. The molecule has 5 nitrogen and oxygen atoms in total. The SMILES string of the molecule is CC(NC(=O)C1(N)CC1)C(C)N1CCOCC1. The standard InChI is InChI=1S/C12H23N3O2/c1-9(14-11(16)12(13)3-4-12)10(2)15-5-7-17-8-6-15/h9-10H,3-8,13H2,1-2H3,(H,14,16). The van der Waals surface area contributed by atoms with Crippen LogP contribution in [0.5, 0.6) is 0 Å². The van der Waals surface area contributed by atoms with Crippen molar-refractivity contribution in [3.05, 3.63) is 0 Å². The first-order valence-electron chi connectivity index (χ1n) is 6.44. The molecule has 2 fully saturated rings. The van der Waals surface area contributed by atoms with Crippen molar-refractivity contribution in [1.82, 2.24) is 10.2 Å². The number of ether oxygens (including phenoxy) is 1. The van der Waals surface area contributed by atoms with Gasteiger partial charge in [-0.1, -0.05) is 0 Å². The van der Waals surface area contributed by atoms with Crippen molar-refractivity contribution in [2.75, 3.05) is 26.3 Å². The molecule has 2 atom stereocenters. The average Bonchev–Trinajstić information content (AvgIpc) is 3.09. The van der Waals surface area contributed by atoms with Crippen LogP contribution in [-0.2, 0) is 9.53 Å². The molecule has 0 bridgehead atoms. The molecule has 17 heavy (non-hydrogen) atoms. The van der Waals surface area contributed by atoms with E-state index in [-0.39, 0.29) is 11.9 Å². The summed E-state index contributed by atoms with van der Waals surface area (Å²) in [5.41, 5.74) is 5.30. The van der Waals surface area contributed by atoms with Crippen molar-refractivity contribution in [3.8, 4) is 0 Å². The van der Waals surface area contributed by atoms with E-state index in [1.54, 1.807) is 0 Å². The van der Waals surface area contributed by atoms with Gasteiger partial charge in [0.2, 0.25) is 5.91 Å². The Labute approximate surface area is 103 Å². The minimum Gasteiger partial charge on any atom is -0.379 e. The second kappa shape index (κ2) is 4.92. The van der Waals surface area contributed by atoms with Crippen molar-refractivity contribution in [2.45, 2.75) is 44.3 Å². The molecular formula is C12H23N3O2. The van der Waals surface area contributed by atoms with E-state index in [4.69, 9.17) is 10.5 Å². The van der Waals surface area contributed by atoms with Crippen LogP contribution in [0.3, 0.4) is 0 Å². The molecule has 98 valence electrons. The molecule has 0 spiro atoms. The first kappa shape index (κ1) is 12.8. The van der Waals surface area contributed by atoms with Gasteiger partial charge in [-0.15, -0.1) is 0 Å². The largest absolute Gasteiger partial charge is 0.379 e. The van der Waals surface area contributed by atoms with Gasteiger partial charge < -0.3 is 15.8 Å². The molecule has 2 rings (SSSR count). The van der Waals surface area contributed by atoms with Gasteiger partial charge in [-0.05, 0) is 26.7 Å². The summed E-state index contributed by atoms with van der Waals surface area (Å²) in [7, 11) is 0. The second-order valence-electron chi connectivity index (χ2n) is 5.31. The lowest BCUT2D eigenvalue weighted by Crippen LogP contribution is -2.55. The quantitative estimate of drug-likeness (QED) is 0.709. The van der Waals surface area contributed by atoms with Crippen LogP contribution in [0.1, 0.15) is 26.7 Å². The second-order valence-corrected chi connectivity index (χ2v) is 5.31. The Hall–Kier alpha value is -0.650. The molecular weight excluding hydrogens is 218 g/mol. The highest BCUT2D eigenvalue weighted by atomic mass is 16.5. The third-order valence-electron chi connectivity index (χ3n) is 3.94. The van der Waals surface area contributed by atoms with E-state index in [0.717, 1.165) is 39.1 Å². The Morgan fingerprint density at radius 3 is 2.47 bits per heavy atom. The fraction of sp³-hybridized carbons (Fsp3) is 0.917. The fourth-order valence-corrected chi connectivity index (χ4v) is 2.13. The topological polar surface area (TPSA) is 67.6 Å². The number of amides is 1. The summed E-state index contributed by atoms with van der Waals surface area (Å²) in [6.45, 7) is 7.64. The van der Waals surface area contributed by atoms with Crippen LogP contribution >= 0.6 is 0 Å². The molecule has 1 amide bonds. The Morgan fingerprint density at radius 1 is 1.35 bits per heavy atom. The highest BCUT2D eigenvalue weighted by molar-refractivity contribution is 5.89. The molecule has 1 aliphatic heterocycles. The Balaban J connectivity index is 1.81. The van der Waals surface area contributed by atoms with E-state index in [2.05, 4.69) is 17.1 Å². The zero-order chi connectivity index (χ0) is 12.5. The van der Waals surface area contributed by atoms with Gasteiger partial charge in [-0.3, -0.25) is 9.69 Å². The third-order valence-corrected chi connectivity index (χ3v) is 3.94. The number of rotatable bonds is 4. The lowest BCUT2D eigenvalue weighted by molar-refractivity contribution is -0.124. The van der Waals surface area contributed by atoms with Crippen molar-refractivity contribution < 1.29 is 9.53 Å². The molecule has 2 unspecified atom stereocenters. The van der Waals surface area contributed by atoms with Crippen LogP contribution in [0.2, 0.25) is 0 Å². The summed E-state index contributed by atoms with van der Waals surface area (Å²) < 4.78 is 5.33. The normalized spacial score (nSPS) is 27.2. The van der Waals surface area contributed by atoms with Gasteiger partial charge in [0.15, 0.2) is 0 Å². The average molecular weight is 241 g/mol. The third kappa shape index (κ3) is 2.97. The Kier molecular flexibility index (Phi) is 3.70. The summed E-state index contributed by atoms with van der Waals surface area (Å²) in [5, 5.41) is 3.03. The van der Waals surface area contributed by atoms with Crippen LogP contribution in [0, 0.1) is 0 Å². The maximum atomic E-state index is 11.8. The van der Waals surface area contributed by atoms with Crippen LogP contribution in [-0.4, -0.2) is 54.7 Å². The maximum Gasteiger partial charge on any atom is 0.240 e. The zero-order valence-corrected chi connectivity index (χ0v) is 10.7. The van der Waals surface area contributed by atoms with Gasteiger partial charge >= 0.3 is 0 Å². The first-order chi connectivity index (χ1) is 8.03. The zero-order valence-electron chi connectivity index (χ0n) is 10.7. The number of carbonyl (C=O) groups is 1. The number of nitrogens with zero attached hydrogens (tertiary/aromatic N) is 1.